The summed E-state index contributed by atoms with van der Waals surface area (Å²) in [5.74, 6) is -1.05. The van der Waals surface area contributed by atoms with E-state index in [2.05, 4.69) is 20.9 Å². The van der Waals surface area contributed by atoms with Crippen LogP contribution in [0, 0.1) is 6.92 Å². The van der Waals surface area contributed by atoms with E-state index in [0.717, 1.165) is 4.57 Å². The zero-order valence-electron chi connectivity index (χ0n) is 7.69. The van der Waals surface area contributed by atoms with E-state index in [4.69, 9.17) is 5.11 Å². The first-order valence-corrected chi connectivity index (χ1v) is 4.71. The van der Waals surface area contributed by atoms with E-state index in [9.17, 15) is 9.59 Å². The van der Waals surface area contributed by atoms with Crippen molar-refractivity contribution in [3.05, 3.63) is 26.8 Å². The molecule has 1 heterocycles. The van der Waals surface area contributed by atoms with E-state index in [1.165, 1.54) is 13.1 Å². The van der Waals surface area contributed by atoms with Gasteiger partial charge in [0.15, 0.2) is 4.60 Å². The van der Waals surface area contributed by atoms with Gasteiger partial charge in [-0.1, -0.05) is 0 Å². The van der Waals surface area contributed by atoms with Crippen molar-refractivity contribution in [1.29, 1.82) is 0 Å². The number of carbonyl (C=O) groups is 1. The molecule has 5 nitrogen and oxygen atoms in total. The molecule has 0 amide bonds. The summed E-state index contributed by atoms with van der Waals surface area (Å²) >= 11 is 2.98. The van der Waals surface area contributed by atoms with Gasteiger partial charge in [-0.3, -0.25) is 9.36 Å². The van der Waals surface area contributed by atoms with Gasteiger partial charge >= 0.3 is 5.97 Å². The molecule has 0 saturated heterocycles. The fourth-order valence-corrected chi connectivity index (χ4v) is 1.49. The lowest BCUT2D eigenvalue weighted by Crippen LogP contribution is -2.29. The SMILES string of the molecule is Cc1cn(C(C)C(=O)O)c(=O)c(Br)n1. The summed E-state index contributed by atoms with van der Waals surface area (Å²) in [5, 5.41) is 8.75. The van der Waals surface area contributed by atoms with E-state index in [1.807, 2.05) is 0 Å². The maximum absolute atomic E-state index is 11.5. The van der Waals surface area contributed by atoms with Gasteiger partial charge in [0, 0.05) is 6.20 Å². The largest absolute Gasteiger partial charge is 0.480 e. The van der Waals surface area contributed by atoms with Gasteiger partial charge in [0.25, 0.3) is 5.56 Å². The summed E-state index contributed by atoms with van der Waals surface area (Å²) in [6.07, 6.45) is 1.42. The third-order valence-electron chi connectivity index (χ3n) is 1.79. The Morgan fingerprint density at radius 2 is 2.29 bits per heavy atom. The molecule has 76 valence electrons. The lowest BCUT2D eigenvalue weighted by atomic mass is 10.3. The van der Waals surface area contributed by atoms with Gasteiger partial charge in [-0.15, -0.1) is 0 Å². The molecule has 0 bridgehead atoms. The van der Waals surface area contributed by atoms with Gasteiger partial charge in [0.05, 0.1) is 5.69 Å². The van der Waals surface area contributed by atoms with E-state index >= 15 is 0 Å². The Balaban J connectivity index is 3.34. The Morgan fingerprint density at radius 1 is 1.71 bits per heavy atom. The van der Waals surface area contributed by atoms with Crippen molar-refractivity contribution >= 4 is 21.9 Å². The van der Waals surface area contributed by atoms with Crippen molar-refractivity contribution in [2.45, 2.75) is 19.9 Å². The Bertz CT molecular complexity index is 427. The molecule has 1 aromatic rings. The molecule has 1 unspecified atom stereocenters. The summed E-state index contributed by atoms with van der Waals surface area (Å²) in [5.41, 5.74) is 0.148. The molecule has 1 rings (SSSR count). The second-order valence-corrected chi connectivity index (χ2v) is 3.65. The van der Waals surface area contributed by atoms with Crippen LogP contribution in [0.2, 0.25) is 0 Å². The summed E-state index contributed by atoms with van der Waals surface area (Å²) in [4.78, 5) is 26.0. The van der Waals surface area contributed by atoms with Crippen molar-refractivity contribution in [2.24, 2.45) is 0 Å². The zero-order valence-corrected chi connectivity index (χ0v) is 9.28. The number of carboxylic acid groups (broad SMARTS) is 1. The molecule has 0 aliphatic carbocycles. The second-order valence-electron chi connectivity index (χ2n) is 2.90. The van der Waals surface area contributed by atoms with E-state index < -0.39 is 17.6 Å². The third kappa shape index (κ3) is 2.01. The van der Waals surface area contributed by atoms with Crippen molar-refractivity contribution < 1.29 is 9.90 Å². The summed E-state index contributed by atoms with van der Waals surface area (Å²) in [6, 6.07) is -0.888. The van der Waals surface area contributed by atoms with Crippen molar-refractivity contribution in [2.75, 3.05) is 0 Å². The van der Waals surface area contributed by atoms with Crippen LogP contribution < -0.4 is 5.56 Å². The van der Waals surface area contributed by atoms with Crippen LogP contribution in [0.25, 0.3) is 0 Å². The fourth-order valence-electron chi connectivity index (χ4n) is 1.00. The Morgan fingerprint density at radius 3 is 2.79 bits per heavy atom. The van der Waals surface area contributed by atoms with Crippen LogP contribution in [0.4, 0.5) is 0 Å². The van der Waals surface area contributed by atoms with E-state index in [1.54, 1.807) is 6.92 Å². The van der Waals surface area contributed by atoms with E-state index in [-0.39, 0.29) is 4.60 Å². The number of hydrogen-bond acceptors (Lipinski definition) is 3. The molecule has 0 aromatic carbocycles. The molecule has 14 heavy (non-hydrogen) atoms. The molecule has 6 heteroatoms. The molecule has 1 N–H and O–H groups in total. The standard InChI is InChI=1S/C8H9BrN2O3/c1-4-3-11(5(2)8(13)14)7(12)6(9)10-4/h3,5H,1-2H3,(H,13,14). The number of hydrogen-bond donors (Lipinski definition) is 1. The third-order valence-corrected chi connectivity index (χ3v) is 2.30. The number of aliphatic carboxylic acids is 1. The number of halogens is 1. The quantitative estimate of drug-likeness (QED) is 0.860. The molecule has 0 spiro atoms. The average molecular weight is 261 g/mol. The average Bonchev–Trinajstić information content (AvgIpc) is 2.09. The first-order valence-electron chi connectivity index (χ1n) is 3.91. The van der Waals surface area contributed by atoms with Gasteiger partial charge in [0.1, 0.15) is 6.04 Å². The van der Waals surface area contributed by atoms with Crippen LogP contribution in [0.3, 0.4) is 0 Å². The second kappa shape index (κ2) is 3.91. The number of rotatable bonds is 2. The van der Waals surface area contributed by atoms with Gasteiger partial charge in [-0.25, -0.2) is 9.78 Å². The van der Waals surface area contributed by atoms with Crippen molar-refractivity contribution in [1.82, 2.24) is 9.55 Å². The minimum Gasteiger partial charge on any atom is -0.480 e. The molecule has 0 aliphatic rings. The summed E-state index contributed by atoms with van der Waals surface area (Å²) < 4.78 is 1.26. The highest BCUT2D eigenvalue weighted by atomic mass is 79.9. The molecule has 0 aliphatic heterocycles. The highest BCUT2D eigenvalue weighted by Crippen LogP contribution is 2.06. The Hall–Kier alpha value is -1.17. The fraction of sp³-hybridized carbons (Fsp3) is 0.375. The molecule has 0 fully saturated rings. The number of carboxylic acids is 1. The summed E-state index contributed by atoms with van der Waals surface area (Å²) in [7, 11) is 0. The normalized spacial score (nSPS) is 12.5. The minimum atomic E-state index is -1.05. The van der Waals surface area contributed by atoms with Gasteiger partial charge < -0.3 is 5.11 Å². The van der Waals surface area contributed by atoms with Crippen LogP contribution in [0.1, 0.15) is 18.7 Å². The lowest BCUT2D eigenvalue weighted by molar-refractivity contribution is -0.140. The minimum absolute atomic E-state index is 0.130. The van der Waals surface area contributed by atoms with Crippen molar-refractivity contribution in [3.63, 3.8) is 0 Å². The van der Waals surface area contributed by atoms with Crippen molar-refractivity contribution in [3.8, 4) is 0 Å². The highest BCUT2D eigenvalue weighted by molar-refractivity contribution is 9.10. The Kier molecular flexibility index (Phi) is 3.05. The van der Waals surface area contributed by atoms with Gasteiger partial charge in [-0.05, 0) is 29.8 Å². The van der Waals surface area contributed by atoms with Crippen LogP contribution in [-0.4, -0.2) is 20.6 Å². The predicted molar refractivity (Wildman–Crippen MR) is 53.3 cm³/mol. The van der Waals surface area contributed by atoms with Crippen LogP contribution in [0.15, 0.2) is 15.6 Å². The molecule has 1 atom stereocenters. The molecular weight excluding hydrogens is 252 g/mol. The first kappa shape index (κ1) is 10.9. The maximum Gasteiger partial charge on any atom is 0.326 e. The highest BCUT2D eigenvalue weighted by Gasteiger charge is 2.16. The number of aryl methyl sites for hydroxylation is 1. The summed E-state index contributed by atoms with van der Waals surface area (Å²) in [6.45, 7) is 3.13. The maximum atomic E-state index is 11.5. The first-order chi connectivity index (χ1) is 6.43. The predicted octanol–water partition coefficient (Wildman–Crippen LogP) is 0.960. The zero-order chi connectivity index (χ0) is 10.9. The molecule has 0 saturated carbocycles. The lowest BCUT2D eigenvalue weighted by Gasteiger charge is -2.10. The van der Waals surface area contributed by atoms with Crippen LogP contribution in [0.5, 0.6) is 0 Å². The Labute approximate surface area is 88.5 Å². The number of nitrogens with zero attached hydrogens (tertiary/aromatic N) is 2. The molecular formula is C8H9BrN2O3. The molecule has 1 aromatic heterocycles. The van der Waals surface area contributed by atoms with Gasteiger partial charge in [-0.2, -0.15) is 0 Å². The smallest absolute Gasteiger partial charge is 0.326 e. The number of aromatic nitrogens is 2. The topological polar surface area (TPSA) is 72.2 Å². The van der Waals surface area contributed by atoms with Crippen LogP contribution in [-0.2, 0) is 4.79 Å². The monoisotopic (exact) mass is 260 g/mol. The molecule has 0 radical (unpaired) electrons. The van der Waals surface area contributed by atoms with Gasteiger partial charge in [0.2, 0.25) is 0 Å². The van der Waals surface area contributed by atoms with Crippen LogP contribution >= 0.6 is 15.9 Å². The van der Waals surface area contributed by atoms with E-state index in [0.29, 0.717) is 5.69 Å².